The average Bonchev–Trinajstić information content (AvgIpc) is 3.14. The number of rotatable bonds is 3. The number of pyridine rings is 1. The van der Waals surface area contributed by atoms with Crippen LogP contribution in [0.15, 0.2) is 59.1 Å². The number of carbonyl (C=O) groups excluding carboxylic acids is 1. The van der Waals surface area contributed by atoms with E-state index in [0.717, 1.165) is 52.6 Å². The molecule has 0 spiro atoms. The van der Waals surface area contributed by atoms with Gasteiger partial charge in [0.2, 0.25) is 0 Å². The van der Waals surface area contributed by atoms with Crippen LogP contribution in [0.25, 0.3) is 21.9 Å². The topological polar surface area (TPSA) is 113 Å². The molecule has 0 radical (unpaired) electrons. The van der Waals surface area contributed by atoms with Crippen LogP contribution in [0.2, 0.25) is 0 Å². The molecular formula is C25H27N3O5S. The SMILES string of the molecule is CN(C)C1CCc2oc3ccc(NC(=O)c4cccc5ncccc45)cc3c2C1.CS(=O)(=O)O. The van der Waals surface area contributed by atoms with Crippen LogP contribution >= 0.6 is 0 Å². The Morgan fingerprint density at radius 2 is 1.91 bits per heavy atom. The molecule has 1 atom stereocenters. The van der Waals surface area contributed by atoms with Gasteiger partial charge in [0.1, 0.15) is 11.3 Å². The molecule has 0 saturated heterocycles. The second kappa shape index (κ2) is 9.54. The van der Waals surface area contributed by atoms with Gasteiger partial charge in [-0.05, 0) is 63.3 Å². The zero-order chi connectivity index (χ0) is 24.5. The van der Waals surface area contributed by atoms with Crippen LogP contribution < -0.4 is 5.32 Å². The summed E-state index contributed by atoms with van der Waals surface area (Å²) in [7, 11) is 0.589. The smallest absolute Gasteiger partial charge is 0.261 e. The van der Waals surface area contributed by atoms with Gasteiger partial charge < -0.3 is 14.6 Å². The highest BCUT2D eigenvalue weighted by atomic mass is 32.2. The summed E-state index contributed by atoms with van der Waals surface area (Å²) in [5, 5.41) is 5.01. The van der Waals surface area contributed by atoms with E-state index in [1.807, 2.05) is 48.5 Å². The van der Waals surface area contributed by atoms with E-state index in [1.54, 1.807) is 6.20 Å². The molecule has 2 aromatic heterocycles. The lowest BCUT2D eigenvalue weighted by atomic mass is 9.91. The maximum atomic E-state index is 13.0. The Labute approximate surface area is 198 Å². The number of likely N-dealkylation sites (N-methyl/N-ethyl adjacent to an activating group) is 1. The van der Waals surface area contributed by atoms with Crippen molar-refractivity contribution in [3.63, 3.8) is 0 Å². The first kappa shape index (κ1) is 23.9. The molecule has 8 nitrogen and oxygen atoms in total. The molecule has 0 fully saturated rings. The number of hydrogen-bond acceptors (Lipinski definition) is 6. The Morgan fingerprint density at radius 1 is 1.15 bits per heavy atom. The second-order valence-electron chi connectivity index (χ2n) is 8.64. The van der Waals surface area contributed by atoms with Crippen LogP contribution in [-0.2, 0) is 23.0 Å². The Kier molecular flexibility index (Phi) is 6.70. The van der Waals surface area contributed by atoms with E-state index >= 15 is 0 Å². The fourth-order valence-corrected chi connectivity index (χ4v) is 4.28. The Morgan fingerprint density at radius 3 is 2.65 bits per heavy atom. The van der Waals surface area contributed by atoms with Gasteiger partial charge >= 0.3 is 0 Å². The standard InChI is InChI=1S/C24H23N3O2.CH4O3S/c1-27(2)16-9-11-23-20(14-16)19-13-15(8-10-22(19)29-23)26-24(28)18-5-3-7-21-17(18)6-4-12-25-21;1-5(2,3)4/h3-8,10,12-13,16H,9,11,14H2,1-2H3,(H,26,28);1H3,(H,2,3,4). The molecule has 4 aromatic rings. The first-order chi connectivity index (χ1) is 16.1. The number of aromatic nitrogens is 1. The summed E-state index contributed by atoms with van der Waals surface area (Å²) in [6.07, 6.45) is 5.49. The van der Waals surface area contributed by atoms with Crippen LogP contribution in [0.5, 0.6) is 0 Å². The van der Waals surface area contributed by atoms with Gasteiger partial charge in [-0.3, -0.25) is 14.3 Å². The monoisotopic (exact) mass is 481 g/mol. The zero-order valence-electron chi connectivity index (χ0n) is 19.3. The van der Waals surface area contributed by atoms with Crippen molar-refractivity contribution in [2.24, 2.45) is 0 Å². The number of nitrogens with one attached hydrogen (secondary N) is 1. The van der Waals surface area contributed by atoms with Crippen LogP contribution in [0.1, 0.15) is 28.1 Å². The number of aryl methyl sites for hydroxylation is 1. The van der Waals surface area contributed by atoms with Crippen LogP contribution in [0.4, 0.5) is 5.69 Å². The van der Waals surface area contributed by atoms with E-state index in [4.69, 9.17) is 8.97 Å². The van der Waals surface area contributed by atoms with Crippen molar-refractivity contribution >= 4 is 43.6 Å². The Hall–Kier alpha value is -3.27. The van der Waals surface area contributed by atoms with Crippen molar-refractivity contribution in [1.29, 1.82) is 0 Å². The fourth-order valence-electron chi connectivity index (χ4n) is 4.28. The van der Waals surface area contributed by atoms with Crippen LogP contribution in [-0.4, -0.2) is 55.2 Å². The summed E-state index contributed by atoms with van der Waals surface area (Å²) in [5.74, 6) is 0.952. The van der Waals surface area contributed by atoms with Crippen molar-refractivity contribution < 1.29 is 22.2 Å². The van der Waals surface area contributed by atoms with E-state index in [0.29, 0.717) is 17.9 Å². The molecular weight excluding hydrogens is 454 g/mol. The lowest BCUT2D eigenvalue weighted by molar-refractivity contribution is 0.102. The highest BCUT2D eigenvalue weighted by Gasteiger charge is 2.25. The summed E-state index contributed by atoms with van der Waals surface area (Å²) in [6, 6.07) is 15.8. The lowest BCUT2D eigenvalue weighted by Crippen LogP contribution is -2.33. The minimum atomic E-state index is -3.67. The minimum Gasteiger partial charge on any atom is -0.461 e. The number of carbonyl (C=O) groups is 1. The maximum Gasteiger partial charge on any atom is 0.261 e. The van der Waals surface area contributed by atoms with Crippen molar-refractivity contribution in [2.45, 2.75) is 25.3 Å². The predicted octanol–water partition coefficient (Wildman–Crippen LogP) is 4.16. The molecule has 0 aliphatic heterocycles. The molecule has 2 N–H and O–H groups in total. The molecule has 0 saturated carbocycles. The van der Waals surface area contributed by atoms with Crippen molar-refractivity contribution in [3.8, 4) is 0 Å². The van der Waals surface area contributed by atoms with E-state index < -0.39 is 10.1 Å². The first-order valence-electron chi connectivity index (χ1n) is 10.9. The number of benzene rings is 2. The fraction of sp³-hybridized carbons (Fsp3) is 0.280. The molecule has 1 unspecified atom stereocenters. The summed E-state index contributed by atoms with van der Waals surface area (Å²) in [4.78, 5) is 19.6. The molecule has 0 bridgehead atoms. The van der Waals surface area contributed by atoms with E-state index in [9.17, 15) is 13.2 Å². The lowest BCUT2D eigenvalue weighted by Gasteiger charge is -2.27. The zero-order valence-corrected chi connectivity index (χ0v) is 20.1. The van der Waals surface area contributed by atoms with Gasteiger partial charge in [-0.1, -0.05) is 12.1 Å². The largest absolute Gasteiger partial charge is 0.461 e. The third-order valence-electron chi connectivity index (χ3n) is 5.90. The third kappa shape index (κ3) is 5.44. The average molecular weight is 482 g/mol. The number of hydrogen-bond donors (Lipinski definition) is 2. The summed E-state index contributed by atoms with van der Waals surface area (Å²) in [5.41, 5.74) is 4.38. The number of anilines is 1. The number of amides is 1. The Balaban J connectivity index is 0.000000499. The molecule has 1 amide bonds. The van der Waals surface area contributed by atoms with Crippen molar-refractivity contribution in [2.75, 3.05) is 25.7 Å². The van der Waals surface area contributed by atoms with Gasteiger partial charge in [0, 0.05) is 46.2 Å². The quantitative estimate of drug-likeness (QED) is 0.423. The van der Waals surface area contributed by atoms with Crippen molar-refractivity contribution in [1.82, 2.24) is 9.88 Å². The van der Waals surface area contributed by atoms with Gasteiger partial charge in [0.15, 0.2) is 0 Å². The highest BCUT2D eigenvalue weighted by molar-refractivity contribution is 7.85. The third-order valence-corrected chi connectivity index (χ3v) is 5.90. The van der Waals surface area contributed by atoms with Gasteiger partial charge in [-0.2, -0.15) is 8.42 Å². The van der Waals surface area contributed by atoms with Gasteiger partial charge in [-0.15, -0.1) is 0 Å². The van der Waals surface area contributed by atoms with E-state index in [1.165, 1.54) is 5.56 Å². The molecule has 178 valence electrons. The molecule has 2 heterocycles. The van der Waals surface area contributed by atoms with Crippen LogP contribution in [0, 0.1) is 0 Å². The van der Waals surface area contributed by atoms with Crippen LogP contribution in [0.3, 0.4) is 0 Å². The number of furan rings is 1. The Bertz CT molecular complexity index is 1450. The summed E-state index contributed by atoms with van der Waals surface area (Å²) in [6.45, 7) is 0. The minimum absolute atomic E-state index is 0.133. The predicted molar refractivity (Wildman–Crippen MR) is 133 cm³/mol. The summed E-state index contributed by atoms with van der Waals surface area (Å²) >= 11 is 0. The normalized spacial score (nSPS) is 15.6. The molecule has 1 aliphatic rings. The van der Waals surface area contributed by atoms with Gasteiger partial charge in [-0.25, -0.2) is 0 Å². The van der Waals surface area contributed by atoms with E-state index in [2.05, 4.69) is 29.3 Å². The molecule has 34 heavy (non-hydrogen) atoms. The molecule has 2 aromatic carbocycles. The van der Waals surface area contributed by atoms with Crippen molar-refractivity contribution in [3.05, 3.63) is 71.6 Å². The molecule has 5 rings (SSSR count). The van der Waals surface area contributed by atoms with Gasteiger partial charge in [0.05, 0.1) is 11.8 Å². The highest BCUT2D eigenvalue weighted by Crippen LogP contribution is 2.34. The maximum absolute atomic E-state index is 13.0. The molecule has 1 aliphatic carbocycles. The second-order valence-corrected chi connectivity index (χ2v) is 10.1. The van der Waals surface area contributed by atoms with Gasteiger partial charge in [0.25, 0.3) is 16.0 Å². The summed E-state index contributed by atoms with van der Waals surface area (Å²) < 4.78 is 31.9. The molecule has 9 heteroatoms. The first-order valence-corrected chi connectivity index (χ1v) is 12.7. The number of fused-ring (bicyclic) bond motifs is 4. The van der Waals surface area contributed by atoms with E-state index in [-0.39, 0.29) is 5.91 Å². The number of nitrogens with zero attached hydrogens (tertiary/aromatic N) is 2.